The maximum atomic E-state index is 3.85. The van der Waals surface area contributed by atoms with Gasteiger partial charge in [-0.2, -0.15) is 0 Å². The molecule has 1 N–H and O–H groups in total. The van der Waals surface area contributed by atoms with Crippen LogP contribution in [-0.2, 0) is 0 Å². The van der Waals surface area contributed by atoms with Crippen LogP contribution in [0.4, 0.5) is 0 Å². The third-order valence-corrected chi connectivity index (χ3v) is 5.05. The molecule has 0 amide bonds. The van der Waals surface area contributed by atoms with Crippen LogP contribution in [0.15, 0.2) is 0 Å². The molecule has 0 aromatic rings. The molecule has 1 rings (SSSR count). The Labute approximate surface area is 121 Å². The molecule has 19 heavy (non-hydrogen) atoms. The van der Waals surface area contributed by atoms with E-state index in [1.807, 2.05) is 0 Å². The minimum absolute atomic E-state index is 0.818. The molecule has 0 aromatic heterocycles. The summed E-state index contributed by atoms with van der Waals surface area (Å²) in [6, 6.07) is 0.818. The highest BCUT2D eigenvalue weighted by atomic mass is 14.9. The summed E-state index contributed by atoms with van der Waals surface area (Å²) in [5.74, 6) is 1.96. The first kappa shape index (κ1) is 17.0. The van der Waals surface area contributed by atoms with Gasteiger partial charge < -0.3 is 5.32 Å². The number of unbranched alkanes of at least 4 members (excludes halogenated alkanes) is 1. The minimum Gasteiger partial charge on any atom is -0.314 e. The summed E-state index contributed by atoms with van der Waals surface area (Å²) in [5.41, 5.74) is 0. The highest BCUT2D eigenvalue weighted by Gasteiger charge is 2.24. The molecule has 1 fully saturated rings. The van der Waals surface area contributed by atoms with E-state index in [9.17, 15) is 0 Å². The molecule has 1 aliphatic carbocycles. The lowest BCUT2D eigenvalue weighted by molar-refractivity contribution is 0.301. The van der Waals surface area contributed by atoms with Gasteiger partial charge in [-0.3, -0.25) is 0 Å². The monoisotopic (exact) mass is 267 g/mol. The number of hydrogen-bond acceptors (Lipinski definition) is 1. The maximum Gasteiger partial charge on any atom is 0.00954 e. The summed E-state index contributed by atoms with van der Waals surface area (Å²) in [4.78, 5) is 0. The maximum absolute atomic E-state index is 3.85. The Morgan fingerprint density at radius 3 is 2.26 bits per heavy atom. The molecule has 1 saturated carbocycles. The van der Waals surface area contributed by atoms with Crippen molar-refractivity contribution in [3.05, 3.63) is 0 Å². The molecule has 2 unspecified atom stereocenters. The van der Waals surface area contributed by atoms with Crippen LogP contribution in [0, 0.1) is 11.8 Å². The topological polar surface area (TPSA) is 12.0 Å². The Morgan fingerprint density at radius 2 is 1.68 bits per heavy atom. The van der Waals surface area contributed by atoms with Gasteiger partial charge in [0.1, 0.15) is 0 Å². The normalized spacial score (nSPS) is 19.7. The second-order valence-electron chi connectivity index (χ2n) is 6.60. The van der Waals surface area contributed by atoms with Crippen molar-refractivity contribution in [1.29, 1.82) is 0 Å². The lowest BCUT2D eigenvalue weighted by atomic mass is 9.87. The quantitative estimate of drug-likeness (QED) is 0.518. The van der Waals surface area contributed by atoms with Crippen molar-refractivity contribution in [2.24, 2.45) is 11.8 Å². The van der Waals surface area contributed by atoms with Crippen LogP contribution in [0.2, 0.25) is 0 Å². The fourth-order valence-corrected chi connectivity index (χ4v) is 3.65. The van der Waals surface area contributed by atoms with Crippen molar-refractivity contribution in [2.45, 2.75) is 97.4 Å². The first-order valence-electron chi connectivity index (χ1n) is 9.05. The second kappa shape index (κ2) is 10.7. The van der Waals surface area contributed by atoms with Crippen LogP contribution in [0.1, 0.15) is 91.4 Å². The average molecular weight is 268 g/mol. The molecule has 1 aliphatic rings. The number of rotatable bonds is 11. The minimum atomic E-state index is 0.818. The third-order valence-electron chi connectivity index (χ3n) is 5.05. The van der Waals surface area contributed by atoms with Crippen LogP contribution in [0.25, 0.3) is 0 Å². The zero-order valence-corrected chi connectivity index (χ0v) is 13.7. The lowest BCUT2D eigenvalue weighted by Crippen LogP contribution is -2.36. The van der Waals surface area contributed by atoms with Crippen molar-refractivity contribution < 1.29 is 0 Å². The molecule has 2 atom stereocenters. The summed E-state index contributed by atoms with van der Waals surface area (Å²) in [6.07, 6.45) is 15.7. The molecule has 0 saturated heterocycles. The highest BCUT2D eigenvalue weighted by Crippen LogP contribution is 2.31. The van der Waals surface area contributed by atoms with Gasteiger partial charge in [-0.1, -0.05) is 59.3 Å². The van der Waals surface area contributed by atoms with E-state index in [2.05, 4.69) is 26.1 Å². The summed E-state index contributed by atoms with van der Waals surface area (Å²) in [7, 11) is 0. The van der Waals surface area contributed by atoms with Gasteiger partial charge in [0, 0.05) is 6.04 Å². The molecule has 1 heteroatoms. The largest absolute Gasteiger partial charge is 0.314 e. The van der Waals surface area contributed by atoms with Crippen LogP contribution >= 0.6 is 0 Å². The van der Waals surface area contributed by atoms with Gasteiger partial charge in [0.25, 0.3) is 0 Å². The van der Waals surface area contributed by atoms with E-state index >= 15 is 0 Å². The van der Waals surface area contributed by atoms with E-state index in [1.165, 1.54) is 77.2 Å². The Kier molecular flexibility index (Phi) is 9.59. The molecule has 0 heterocycles. The van der Waals surface area contributed by atoms with Crippen molar-refractivity contribution in [3.63, 3.8) is 0 Å². The van der Waals surface area contributed by atoms with Gasteiger partial charge >= 0.3 is 0 Å². The first-order valence-corrected chi connectivity index (χ1v) is 9.05. The average Bonchev–Trinajstić information content (AvgIpc) is 2.96. The van der Waals surface area contributed by atoms with E-state index in [1.54, 1.807) is 0 Å². The highest BCUT2D eigenvalue weighted by molar-refractivity contribution is 4.81. The molecule has 0 aromatic carbocycles. The van der Waals surface area contributed by atoms with Gasteiger partial charge in [0.15, 0.2) is 0 Å². The molecule has 0 aliphatic heterocycles. The summed E-state index contributed by atoms with van der Waals surface area (Å²) in [6.45, 7) is 8.20. The predicted molar refractivity (Wildman–Crippen MR) is 86.6 cm³/mol. The summed E-state index contributed by atoms with van der Waals surface area (Å²) >= 11 is 0. The van der Waals surface area contributed by atoms with Crippen molar-refractivity contribution in [1.82, 2.24) is 5.32 Å². The molecular weight excluding hydrogens is 230 g/mol. The SMILES string of the molecule is CCCCC(CC)CCC(NCCC)C1CCCC1. The van der Waals surface area contributed by atoms with E-state index in [0.717, 1.165) is 17.9 Å². The molecular formula is C18H37N. The van der Waals surface area contributed by atoms with E-state index in [4.69, 9.17) is 0 Å². The van der Waals surface area contributed by atoms with Crippen LogP contribution < -0.4 is 5.32 Å². The zero-order valence-electron chi connectivity index (χ0n) is 13.7. The van der Waals surface area contributed by atoms with Crippen LogP contribution in [0.5, 0.6) is 0 Å². The number of nitrogens with one attached hydrogen (secondary N) is 1. The van der Waals surface area contributed by atoms with Crippen LogP contribution in [0.3, 0.4) is 0 Å². The Hall–Kier alpha value is -0.0400. The van der Waals surface area contributed by atoms with Gasteiger partial charge in [-0.25, -0.2) is 0 Å². The first-order chi connectivity index (χ1) is 9.31. The van der Waals surface area contributed by atoms with Gasteiger partial charge in [0.05, 0.1) is 0 Å². The van der Waals surface area contributed by atoms with E-state index < -0.39 is 0 Å². The van der Waals surface area contributed by atoms with E-state index in [0.29, 0.717) is 0 Å². The lowest BCUT2D eigenvalue weighted by Gasteiger charge is -2.26. The van der Waals surface area contributed by atoms with Gasteiger partial charge in [-0.15, -0.1) is 0 Å². The van der Waals surface area contributed by atoms with Gasteiger partial charge in [0.2, 0.25) is 0 Å². The zero-order chi connectivity index (χ0) is 13.9. The van der Waals surface area contributed by atoms with Gasteiger partial charge in [-0.05, 0) is 50.5 Å². The van der Waals surface area contributed by atoms with Crippen LogP contribution in [-0.4, -0.2) is 12.6 Å². The smallest absolute Gasteiger partial charge is 0.00954 e. The summed E-state index contributed by atoms with van der Waals surface area (Å²) in [5, 5.41) is 3.85. The van der Waals surface area contributed by atoms with Crippen molar-refractivity contribution >= 4 is 0 Å². The molecule has 1 nitrogen and oxygen atoms in total. The molecule has 0 radical (unpaired) electrons. The Bertz CT molecular complexity index is 196. The second-order valence-corrected chi connectivity index (χ2v) is 6.60. The summed E-state index contributed by atoms with van der Waals surface area (Å²) < 4.78 is 0. The fraction of sp³-hybridized carbons (Fsp3) is 1.00. The Morgan fingerprint density at radius 1 is 0.947 bits per heavy atom. The van der Waals surface area contributed by atoms with Crippen molar-refractivity contribution in [3.8, 4) is 0 Å². The standard InChI is InChI=1S/C18H37N/c1-4-7-10-16(6-3)13-14-18(19-15-5-2)17-11-8-9-12-17/h16-19H,4-15H2,1-3H3. The van der Waals surface area contributed by atoms with Crippen molar-refractivity contribution in [2.75, 3.05) is 6.54 Å². The Balaban J connectivity index is 2.32. The molecule has 114 valence electrons. The predicted octanol–water partition coefficient (Wildman–Crippen LogP) is 5.54. The number of hydrogen-bond donors (Lipinski definition) is 1. The molecule has 0 spiro atoms. The van der Waals surface area contributed by atoms with E-state index in [-0.39, 0.29) is 0 Å². The third kappa shape index (κ3) is 6.79. The molecule has 0 bridgehead atoms. The fourth-order valence-electron chi connectivity index (χ4n) is 3.65.